The fourth-order valence-corrected chi connectivity index (χ4v) is 5.18. The van der Waals surface area contributed by atoms with Crippen LogP contribution in [0.4, 0.5) is 20.3 Å². The van der Waals surface area contributed by atoms with Gasteiger partial charge in [0.15, 0.2) is 0 Å². The normalized spacial score (nSPS) is 21.1. The second-order valence-corrected chi connectivity index (χ2v) is 9.06. The van der Waals surface area contributed by atoms with Crippen molar-refractivity contribution in [2.45, 2.75) is 38.3 Å². The van der Waals surface area contributed by atoms with Crippen LogP contribution in [0.5, 0.6) is 0 Å². The molecule has 32 heavy (non-hydrogen) atoms. The Balaban J connectivity index is 1.42. The van der Waals surface area contributed by atoms with Crippen molar-refractivity contribution in [2.75, 3.05) is 42.9 Å². The Morgan fingerprint density at radius 3 is 2.75 bits per heavy atom. The highest BCUT2D eigenvalue weighted by atomic mass is 35.5. The Kier molecular flexibility index (Phi) is 5.90. The predicted octanol–water partition coefficient (Wildman–Crippen LogP) is 3.89. The standard InChI is InChI=1S/C23H27ClF2N6/c1-14-17(15-10-30-32(12-15)16-4-6-27-7-5-16)11-29-23-22(14)31(9-8-28-23)13-18-19(25)2-3-20(26)21(18)24/h2-3,10-11,15-16,27H,4-9,12-13H2,1H3,(H,28,29). The number of aromatic nitrogens is 1. The summed E-state index contributed by atoms with van der Waals surface area (Å²) in [6, 6.07) is 2.66. The van der Waals surface area contributed by atoms with Crippen molar-refractivity contribution < 1.29 is 8.78 Å². The maximum absolute atomic E-state index is 14.5. The van der Waals surface area contributed by atoms with E-state index >= 15 is 0 Å². The lowest BCUT2D eigenvalue weighted by molar-refractivity contribution is 0.181. The highest BCUT2D eigenvalue weighted by Gasteiger charge is 2.30. The van der Waals surface area contributed by atoms with Gasteiger partial charge in [-0.15, -0.1) is 0 Å². The van der Waals surface area contributed by atoms with Crippen molar-refractivity contribution in [3.05, 3.63) is 51.7 Å². The number of hydrogen-bond donors (Lipinski definition) is 2. The quantitative estimate of drug-likeness (QED) is 0.678. The van der Waals surface area contributed by atoms with E-state index in [1.54, 1.807) is 0 Å². The average molecular weight is 461 g/mol. The molecule has 1 saturated heterocycles. The molecule has 3 aliphatic heterocycles. The fraction of sp³-hybridized carbons (Fsp3) is 0.478. The summed E-state index contributed by atoms with van der Waals surface area (Å²) < 4.78 is 28.5. The number of fused-ring (bicyclic) bond motifs is 1. The summed E-state index contributed by atoms with van der Waals surface area (Å²) in [7, 11) is 0. The highest BCUT2D eigenvalue weighted by Crippen LogP contribution is 2.38. The van der Waals surface area contributed by atoms with Crippen molar-refractivity contribution in [1.82, 2.24) is 15.3 Å². The van der Waals surface area contributed by atoms with Crippen LogP contribution >= 0.6 is 11.6 Å². The van der Waals surface area contributed by atoms with Crippen LogP contribution in [0.1, 0.15) is 35.4 Å². The maximum atomic E-state index is 14.5. The van der Waals surface area contributed by atoms with Gasteiger partial charge in [-0.3, -0.25) is 5.01 Å². The third-order valence-corrected chi connectivity index (χ3v) is 7.14. The second-order valence-electron chi connectivity index (χ2n) is 8.68. The molecular formula is C23H27ClF2N6. The summed E-state index contributed by atoms with van der Waals surface area (Å²) in [6.07, 6.45) is 6.14. The Morgan fingerprint density at radius 1 is 1.16 bits per heavy atom. The van der Waals surface area contributed by atoms with Gasteiger partial charge in [0, 0.05) is 56.1 Å². The van der Waals surface area contributed by atoms with Gasteiger partial charge in [0.1, 0.15) is 17.5 Å². The monoisotopic (exact) mass is 460 g/mol. The lowest BCUT2D eigenvalue weighted by Gasteiger charge is -2.34. The van der Waals surface area contributed by atoms with Gasteiger partial charge >= 0.3 is 0 Å². The number of hydrazone groups is 1. The molecule has 0 bridgehead atoms. The Morgan fingerprint density at radius 2 is 1.94 bits per heavy atom. The third-order valence-electron chi connectivity index (χ3n) is 6.73. The van der Waals surface area contributed by atoms with E-state index in [1.165, 1.54) is 0 Å². The van der Waals surface area contributed by atoms with E-state index in [1.807, 2.05) is 17.3 Å². The molecule has 2 N–H and O–H groups in total. The summed E-state index contributed by atoms with van der Waals surface area (Å²) in [4.78, 5) is 6.71. The van der Waals surface area contributed by atoms with Crippen LogP contribution in [-0.2, 0) is 6.54 Å². The van der Waals surface area contributed by atoms with Gasteiger partial charge in [-0.1, -0.05) is 11.6 Å². The summed E-state index contributed by atoms with van der Waals surface area (Å²) >= 11 is 6.11. The van der Waals surface area contributed by atoms with Crippen molar-refractivity contribution in [3.63, 3.8) is 0 Å². The van der Waals surface area contributed by atoms with Crippen molar-refractivity contribution >= 4 is 29.3 Å². The van der Waals surface area contributed by atoms with Gasteiger partial charge in [0.25, 0.3) is 0 Å². The van der Waals surface area contributed by atoms with Crippen LogP contribution in [0.2, 0.25) is 5.02 Å². The van der Waals surface area contributed by atoms with Crippen molar-refractivity contribution in [3.8, 4) is 0 Å². The molecule has 1 unspecified atom stereocenters. The molecule has 6 nitrogen and oxygen atoms in total. The molecule has 170 valence electrons. The molecule has 0 radical (unpaired) electrons. The molecule has 3 aliphatic rings. The zero-order valence-electron chi connectivity index (χ0n) is 18.0. The molecule has 0 spiro atoms. The minimum absolute atomic E-state index is 0.154. The summed E-state index contributed by atoms with van der Waals surface area (Å²) in [5.41, 5.74) is 3.29. The van der Waals surface area contributed by atoms with Gasteiger partial charge < -0.3 is 15.5 Å². The van der Waals surface area contributed by atoms with E-state index in [-0.39, 0.29) is 23.0 Å². The molecule has 5 rings (SSSR count). The van der Waals surface area contributed by atoms with Gasteiger partial charge in [-0.2, -0.15) is 5.10 Å². The lowest BCUT2D eigenvalue weighted by atomic mass is 9.95. The number of nitrogens with one attached hydrogen (secondary N) is 2. The molecule has 1 aromatic carbocycles. The average Bonchev–Trinajstić information content (AvgIpc) is 3.30. The van der Waals surface area contributed by atoms with E-state index in [4.69, 9.17) is 16.7 Å². The smallest absolute Gasteiger partial charge is 0.149 e. The SMILES string of the molecule is Cc1c(C2C=NN(C3CCNCC3)C2)cnc2c1N(Cc1c(F)ccc(F)c1Cl)CCN2. The first-order valence-electron chi connectivity index (χ1n) is 11.1. The minimum atomic E-state index is -0.609. The molecular weight excluding hydrogens is 434 g/mol. The zero-order valence-corrected chi connectivity index (χ0v) is 18.8. The molecule has 4 heterocycles. The zero-order chi connectivity index (χ0) is 22.2. The van der Waals surface area contributed by atoms with Crippen LogP contribution in [0.15, 0.2) is 23.4 Å². The summed E-state index contributed by atoms with van der Waals surface area (Å²) in [5.74, 6) is -0.197. The van der Waals surface area contributed by atoms with Gasteiger partial charge in [0.2, 0.25) is 0 Å². The number of anilines is 2. The van der Waals surface area contributed by atoms with E-state index in [0.29, 0.717) is 19.1 Å². The van der Waals surface area contributed by atoms with Gasteiger partial charge in [-0.25, -0.2) is 13.8 Å². The lowest BCUT2D eigenvalue weighted by Crippen LogP contribution is -2.40. The van der Waals surface area contributed by atoms with Crippen LogP contribution in [0.25, 0.3) is 0 Å². The van der Waals surface area contributed by atoms with Gasteiger partial charge in [0.05, 0.1) is 10.7 Å². The number of nitrogens with zero attached hydrogens (tertiary/aromatic N) is 4. The number of piperidine rings is 1. The molecule has 1 aromatic heterocycles. The van der Waals surface area contributed by atoms with Crippen LogP contribution in [-0.4, -0.2) is 55.0 Å². The summed E-state index contributed by atoms with van der Waals surface area (Å²) in [6.45, 7) is 6.46. The molecule has 1 fully saturated rings. The Bertz CT molecular complexity index is 1040. The van der Waals surface area contributed by atoms with E-state index in [9.17, 15) is 8.78 Å². The van der Waals surface area contributed by atoms with E-state index in [0.717, 1.165) is 67.2 Å². The summed E-state index contributed by atoms with van der Waals surface area (Å²) in [5, 5.41) is 13.5. The van der Waals surface area contributed by atoms with Crippen LogP contribution in [0, 0.1) is 18.6 Å². The number of halogens is 3. The molecule has 1 atom stereocenters. The first-order chi connectivity index (χ1) is 15.5. The van der Waals surface area contributed by atoms with E-state index in [2.05, 4.69) is 27.6 Å². The Labute approximate surface area is 191 Å². The first kappa shape index (κ1) is 21.4. The second kappa shape index (κ2) is 8.83. The number of rotatable bonds is 4. The largest absolute Gasteiger partial charge is 0.367 e. The molecule has 9 heteroatoms. The van der Waals surface area contributed by atoms with Crippen molar-refractivity contribution in [2.24, 2.45) is 5.10 Å². The number of benzene rings is 1. The minimum Gasteiger partial charge on any atom is -0.367 e. The highest BCUT2D eigenvalue weighted by molar-refractivity contribution is 6.31. The molecule has 0 aliphatic carbocycles. The van der Waals surface area contributed by atoms with Crippen LogP contribution in [0.3, 0.4) is 0 Å². The van der Waals surface area contributed by atoms with Gasteiger partial charge in [-0.05, 0) is 56.1 Å². The predicted molar refractivity (Wildman–Crippen MR) is 124 cm³/mol. The molecule has 0 amide bonds. The van der Waals surface area contributed by atoms with E-state index < -0.39 is 11.6 Å². The first-order valence-corrected chi connectivity index (χ1v) is 11.5. The maximum Gasteiger partial charge on any atom is 0.149 e. The van der Waals surface area contributed by atoms with Crippen LogP contribution < -0.4 is 15.5 Å². The third kappa shape index (κ3) is 3.90. The Hall–Kier alpha value is -2.45. The molecule has 2 aromatic rings. The fourth-order valence-electron chi connectivity index (χ4n) is 4.97. The number of pyridine rings is 1. The molecule has 0 saturated carbocycles. The topological polar surface area (TPSA) is 55.8 Å². The number of hydrogen-bond acceptors (Lipinski definition) is 6. The van der Waals surface area contributed by atoms with Crippen molar-refractivity contribution in [1.29, 1.82) is 0 Å².